The molecule has 1 N–H and O–H groups in total. The third kappa shape index (κ3) is 5.08. The smallest absolute Gasteiger partial charge is 0.416 e. The number of unbranched alkanes of at least 4 members (excludes halogenated alkanes) is 1. The Labute approximate surface area is 149 Å². The van der Waals surface area contributed by atoms with Crippen LogP contribution in [0.3, 0.4) is 0 Å². The van der Waals surface area contributed by atoms with E-state index in [1.165, 1.54) is 12.1 Å². The van der Waals surface area contributed by atoms with Crippen molar-refractivity contribution < 1.29 is 27.5 Å². The van der Waals surface area contributed by atoms with Crippen molar-refractivity contribution in [1.82, 2.24) is 0 Å². The average Bonchev–Trinajstić information content (AvgIpc) is 2.61. The van der Waals surface area contributed by atoms with E-state index in [0.29, 0.717) is 0 Å². The quantitative estimate of drug-likeness (QED) is 0.584. The summed E-state index contributed by atoms with van der Waals surface area (Å²) in [5, 5.41) is 2.54. The first-order valence-corrected chi connectivity index (χ1v) is 8.07. The lowest BCUT2D eigenvalue weighted by Crippen LogP contribution is -2.16. The summed E-state index contributed by atoms with van der Waals surface area (Å²) in [5.41, 5.74) is -0.371. The predicted molar refractivity (Wildman–Crippen MR) is 91.0 cm³/mol. The molecule has 0 atom stereocenters. The number of amides is 1. The van der Waals surface area contributed by atoms with Crippen LogP contribution in [0, 0.1) is 0 Å². The van der Waals surface area contributed by atoms with Gasteiger partial charge in [0.1, 0.15) is 0 Å². The standard InChI is InChI=1S/C19H18F3NO3/c1-2-3-12-26-18(25)15-6-4-5-7-16(15)23-17(24)13-8-10-14(11-9-13)19(20,21)22/h4-11H,2-3,12H2,1H3,(H,23,24). The van der Waals surface area contributed by atoms with Crippen molar-refractivity contribution in [1.29, 1.82) is 0 Å². The number of ether oxygens (including phenoxy) is 1. The SMILES string of the molecule is CCCCOC(=O)c1ccccc1NC(=O)c1ccc(C(F)(F)F)cc1. The highest BCUT2D eigenvalue weighted by Gasteiger charge is 2.30. The Morgan fingerprint density at radius 2 is 1.69 bits per heavy atom. The van der Waals surface area contributed by atoms with Crippen molar-refractivity contribution >= 4 is 17.6 Å². The third-order valence-electron chi connectivity index (χ3n) is 3.60. The maximum absolute atomic E-state index is 12.6. The molecule has 138 valence electrons. The fraction of sp³-hybridized carbons (Fsp3) is 0.263. The minimum absolute atomic E-state index is 0.0483. The molecule has 0 saturated heterocycles. The monoisotopic (exact) mass is 365 g/mol. The molecule has 4 nitrogen and oxygen atoms in total. The zero-order chi connectivity index (χ0) is 19.2. The number of esters is 1. The van der Waals surface area contributed by atoms with Crippen LogP contribution in [0.5, 0.6) is 0 Å². The molecule has 0 aromatic heterocycles. The lowest BCUT2D eigenvalue weighted by Gasteiger charge is -2.11. The first-order valence-electron chi connectivity index (χ1n) is 8.07. The Kier molecular flexibility index (Phi) is 6.38. The summed E-state index contributed by atoms with van der Waals surface area (Å²) in [7, 11) is 0. The van der Waals surface area contributed by atoms with Gasteiger partial charge in [0, 0.05) is 5.56 Å². The van der Waals surface area contributed by atoms with Gasteiger partial charge in [-0.1, -0.05) is 25.5 Å². The molecule has 0 heterocycles. The van der Waals surface area contributed by atoms with Gasteiger partial charge in [0.2, 0.25) is 0 Å². The fourth-order valence-electron chi connectivity index (χ4n) is 2.16. The van der Waals surface area contributed by atoms with Crippen molar-refractivity contribution in [2.45, 2.75) is 25.9 Å². The number of nitrogens with one attached hydrogen (secondary N) is 1. The second kappa shape index (κ2) is 8.51. The van der Waals surface area contributed by atoms with Crippen LogP contribution >= 0.6 is 0 Å². The Bertz CT molecular complexity index is 770. The number of hydrogen-bond acceptors (Lipinski definition) is 3. The van der Waals surface area contributed by atoms with E-state index < -0.39 is 23.6 Å². The predicted octanol–water partition coefficient (Wildman–Crippen LogP) is 4.91. The highest BCUT2D eigenvalue weighted by atomic mass is 19.4. The van der Waals surface area contributed by atoms with E-state index in [9.17, 15) is 22.8 Å². The molecule has 0 spiro atoms. The Morgan fingerprint density at radius 1 is 1.04 bits per heavy atom. The molecule has 26 heavy (non-hydrogen) atoms. The van der Waals surface area contributed by atoms with E-state index >= 15 is 0 Å². The summed E-state index contributed by atoms with van der Waals surface area (Å²) in [6, 6.07) is 10.1. The number of hydrogen-bond donors (Lipinski definition) is 1. The van der Waals surface area contributed by atoms with Gasteiger partial charge in [0.05, 0.1) is 23.4 Å². The molecule has 7 heteroatoms. The molecule has 0 aliphatic heterocycles. The van der Waals surface area contributed by atoms with Crippen LogP contribution in [0.4, 0.5) is 18.9 Å². The van der Waals surface area contributed by atoms with E-state index in [0.717, 1.165) is 37.1 Å². The van der Waals surface area contributed by atoms with Gasteiger partial charge in [-0.05, 0) is 42.8 Å². The summed E-state index contributed by atoms with van der Waals surface area (Å²) in [4.78, 5) is 24.4. The molecule has 0 unspecified atom stereocenters. The van der Waals surface area contributed by atoms with Gasteiger partial charge in [-0.3, -0.25) is 4.79 Å². The molecule has 0 saturated carbocycles. The number of anilines is 1. The van der Waals surface area contributed by atoms with E-state index in [2.05, 4.69) is 5.32 Å². The third-order valence-corrected chi connectivity index (χ3v) is 3.60. The largest absolute Gasteiger partial charge is 0.462 e. The zero-order valence-corrected chi connectivity index (χ0v) is 14.1. The molecular formula is C19H18F3NO3. The first kappa shape index (κ1) is 19.5. The highest BCUT2D eigenvalue weighted by Crippen LogP contribution is 2.29. The van der Waals surface area contributed by atoms with Crippen LogP contribution < -0.4 is 5.32 Å². The Hall–Kier alpha value is -2.83. The molecule has 0 aliphatic rings. The lowest BCUT2D eigenvalue weighted by molar-refractivity contribution is -0.137. The van der Waals surface area contributed by atoms with Crippen LogP contribution in [0.15, 0.2) is 48.5 Å². The van der Waals surface area contributed by atoms with Gasteiger partial charge in [-0.2, -0.15) is 13.2 Å². The van der Waals surface area contributed by atoms with Crippen LogP contribution in [-0.4, -0.2) is 18.5 Å². The van der Waals surface area contributed by atoms with Crippen molar-refractivity contribution in [3.05, 3.63) is 65.2 Å². The number of benzene rings is 2. The molecule has 2 aromatic carbocycles. The highest BCUT2D eigenvalue weighted by molar-refractivity contribution is 6.08. The number of carbonyl (C=O) groups is 2. The second-order valence-corrected chi connectivity index (χ2v) is 5.56. The average molecular weight is 365 g/mol. The van der Waals surface area contributed by atoms with Gasteiger partial charge < -0.3 is 10.1 Å². The van der Waals surface area contributed by atoms with Crippen LogP contribution in [0.2, 0.25) is 0 Å². The topological polar surface area (TPSA) is 55.4 Å². The summed E-state index contributed by atoms with van der Waals surface area (Å²) >= 11 is 0. The Balaban J connectivity index is 2.13. The summed E-state index contributed by atoms with van der Waals surface area (Å²) in [6.45, 7) is 2.24. The van der Waals surface area contributed by atoms with Crippen molar-refractivity contribution in [3.8, 4) is 0 Å². The molecule has 0 aliphatic carbocycles. The second-order valence-electron chi connectivity index (χ2n) is 5.56. The number of rotatable bonds is 6. The first-order chi connectivity index (χ1) is 12.3. The fourth-order valence-corrected chi connectivity index (χ4v) is 2.16. The normalized spacial score (nSPS) is 11.1. The van der Waals surface area contributed by atoms with Gasteiger partial charge in [-0.15, -0.1) is 0 Å². The Morgan fingerprint density at radius 3 is 2.31 bits per heavy atom. The summed E-state index contributed by atoms with van der Waals surface area (Å²) in [5.74, 6) is -1.19. The van der Waals surface area contributed by atoms with Gasteiger partial charge >= 0.3 is 12.1 Å². The zero-order valence-electron chi connectivity index (χ0n) is 14.1. The number of para-hydroxylation sites is 1. The number of carbonyl (C=O) groups excluding carboxylic acids is 2. The lowest BCUT2D eigenvalue weighted by atomic mass is 10.1. The maximum Gasteiger partial charge on any atom is 0.416 e. The minimum Gasteiger partial charge on any atom is -0.462 e. The molecule has 0 bridgehead atoms. The van der Waals surface area contributed by atoms with E-state index in [-0.39, 0.29) is 23.4 Å². The van der Waals surface area contributed by atoms with Crippen molar-refractivity contribution in [2.24, 2.45) is 0 Å². The van der Waals surface area contributed by atoms with Crippen molar-refractivity contribution in [2.75, 3.05) is 11.9 Å². The minimum atomic E-state index is -4.47. The number of halogens is 3. The summed E-state index contributed by atoms with van der Waals surface area (Å²) in [6.07, 6.45) is -2.87. The molecular weight excluding hydrogens is 347 g/mol. The molecule has 1 amide bonds. The van der Waals surface area contributed by atoms with Crippen LogP contribution in [0.1, 0.15) is 46.0 Å². The molecule has 0 radical (unpaired) electrons. The molecule has 2 rings (SSSR count). The van der Waals surface area contributed by atoms with E-state index in [1.54, 1.807) is 12.1 Å². The van der Waals surface area contributed by atoms with Crippen LogP contribution in [0.25, 0.3) is 0 Å². The van der Waals surface area contributed by atoms with Gasteiger partial charge in [0.15, 0.2) is 0 Å². The maximum atomic E-state index is 12.6. The van der Waals surface area contributed by atoms with E-state index in [1.807, 2.05) is 6.92 Å². The molecule has 2 aromatic rings. The number of alkyl halides is 3. The van der Waals surface area contributed by atoms with Gasteiger partial charge in [0.25, 0.3) is 5.91 Å². The van der Waals surface area contributed by atoms with Crippen molar-refractivity contribution in [3.63, 3.8) is 0 Å². The van der Waals surface area contributed by atoms with Crippen LogP contribution in [-0.2, 0) is 10.9 Å². The van der Waals surface area contributed by atoms with Gasteiger partial charge in [-0.25, -0.2) is 4.79 Å². The van der Waals surface area contributed by atoms with E-state index in [4.69, 9.17) is 4.74 Å². The molecule has 0 fully saturated rings. The summed E-state index contributed by atoms with van der Waals surface area (Å²) < 4.78 is 42.9.